The number of rotatable bonds is 5. The zero-order valence-corrected chi connectivity index (χ0v) is 19.7. The Morgan fingerprint density at radius 3 is 2.86 bits per heavy atom. The first-order valence-corrected chi connectivity index (χ1v) is 12.1. The van der Waals surface area contributed by atoms with Crippen LogP contribution in [0.5, 0.6) is 0 Å². The summed E-state index contributed by atoms with van der Waals surface area (Å²) in [6, 6.07) is 9.93. The van der Waals surface area contributed by atoms with Crippen molar-refractivity contribution in [3.63, 3.8) is 0 Å². The molecule has 1 saturated heterocycles. The predicted octanol–water partition coefficient (Wildman–Crippen LogP) is 3.56. The second kappa shape index (κ2) is 9.82. The van der Waals surface area contributed by atoms with E-state index in [1.807, 2.05) is 47.4 Å². The van der Waals surface area contributed by atoms with Crippen molar-refractivity contribution in [2.24, 2.45) is 11.8 Å². The lowest BCUT2D eigenvalue weighted by atomic mass is 9.82. The third kappa shape index (κ3) is 4.73. The van der Waals surface area contributed by atoms with Crippen molar-refractivity contribution in [2.75, 3.05) is 24.6 Å². The van der Waals surface area contributed by atoms with E-state index in [4.69, 9.17) is 4.74 Å². The second-order valence-corrected chi connectivity index (χ2v) is 9.14. The molecule has 2 aliphatic rings. The fourth-order valence-corrected chi connectivity index (χ4v) is 5.01. The average molecular weight is 473 g/mol. The molecule has 2 aromatic heterocycles. The van der Waals surface area contributed by atoms with Gasteiger partial charge >= 0.3 is 5.97 Å². The van der Waals surface area contributed by atoms with Gasteiger partial charge in [0.1, 0.15) is 0 Å². The zero-order chi connectivity index (χ0) is 24.4. The number of nitrogens with zero attached hydrogens (tertiary/aromatic N) is 3. The number of benzene rings is 1. The van der Waals surface area contributed by atoms with E-state index < -0.39 is 0 Å². The minimum atomic E-state index is -0.312. The van der Waals surface area contributed by atoms with E-state index in [1.165, 1.54) is 0 Å². The largest absolute Gasteiger partial charge is 0.466 e. The van der Waals surface area contributed by atoms with Crippen LogP contribution in [0.4, 0.5) is 5.95 Å². The molecule has 0 unspecified atom stereocenters. The Morgan fingerprint density at radius 2 is 2.06 bits per heavy atom. The lowest BCUT2D eigenvalue weighted by Crippen LogP contribution is -2.41. The minimum Gasteiger partial charge on any atom is -0.466 e. The molecule has 1 N–H and O–H groups in total. The number of pyridine rings is 1. The summed E-state index contributed by atoms with van der Waals surface area (Å²) in [7, 11) is 0. The van der Waals surface area contributed by atoms with Gasteiger partial charge < -0.3 is 9.64 Å². The highest BCUT2D eigenvalue weighted by atomic mass is 16.5. The maximum absolute atomic E-state index is 13.2. The number of hydrogen-bond donors (Lipinski definition) is 1. The van der Waals surface area contributed by atoms with E-state index in [0.717, 1.165) is 18.4 Å². The average Bonchev–Trinajstić information content (AvgIpc) is 2.88. The minimum absolute atomic E-state index is 0.00712. The van der Waals surface area contributed by atoms with Crippen molar-refractivity contribution in [1.29, 1.82) is 0 Å². The molecule has 1 aliphatic heterocycles. The van der Waals surface area contributed by atoms with Crippen LogP contribution in [0.2, 0.25) is 0 Å². The number of H-pyrrole nitrogens is 1. The Hall–Kier alpha value is -3.81. The number of ether oxygens (including phenoxy) is 1. The fourth-order valence-electron chi connectivity index (χ4n) is 5.01. The topological polar surface area (TPSA) is 105 Å². The molecule has 35 heavy (non-hydrogen) atoms. The van der Waals surface area contributed by atoms with Crippen LogP contribution in [-0.4, -0.2) is 46.4 Å². The number of Topliss-reactive ketones (excluding diaryl/α,β-unsaturated/α-hetero) is 1. The highest BCUT2D eigenvalue weighted by Gasteiger charge is 2.30. The molecule has 1 fully saturated rings. The molecule has 8 heteroatoms. The molecule has 2 atom stereocenters. The van der Waals surface area contributed by atoms with Gasteiger partial charge in [0, 0.05) is 31.3 Å². The number of carbonyl (C=O) groups excluding carboxylic acids is 2. The molecule has 3 aromatic rings. The van der Waals surface area contributed by atoms with Crippen molar-refractivity contribution in [2.45, 2.75) is 32.6 Å². The Balaban J connectivity index is 1.45. The molecule has 0 spiro atoms. The smallest absolute Gasteiger partial charge is 0.310 e. The summed E-state index contributed by atoms with van der Waals surface area (Å²) in [6.45, 7) is 3.25. The van der Waals surface area contributed by atoms with Gasteiger partial charge in [0.2, 0.25) is 5.95 Å². The van der Waals surface area contributed by atoms with Crippen molar-refractivity contribution in [3.8, 4) is 0 Å². The third-order valence-corrected chi connectivity index (χ3v) is 6.75. The van der Waals surface area contributed by atoms with Gasteiger partial charge in [0.25, 0.3) is 5.56 Å². The number of allylic oxidation sites excluding steroid dienone is 1. The number of fused-ring (bicyclic) bond motifs is 3. The van der Waals surface area contributed by atoms with Gasteiger partial charge in [-0.3, -0.25) is 19.4 Å². The molecule has 0 radical (unpaired) electrons. The van der Waals surface area contributed by atoms with Crippen molar-refractivity contribution < 1.29 is 14.3 Å². The molecule has 0 saturated carbocycles. The van der Waals surface area contributed by atoms with Gasteiger partial charge in [-0.05, 0) is 43.2 Å². The standard InChI is InChI=1S/C27H28N4O4/c1-2-35-26(34)19-9-6-12-31(16-19)27-29-24-23(25(33)30-27)20-13-18(14-22(32)21(20)15-28-24)11-10-17-7-4-3-5-8-17/h3-5,7-8,10-11,15,18-19H,2,6,9,12-14,16H2,1H3,(H,28,29,30,33)/b11-10+/t18-,19+/m1/s1. The van der Waals surface area contributed by atoms with Crippen LogP contribution >= 0.6 is 0 Å². The molecule has 8 nitrogen and oxygen atoms in total. The lowest BCUT2D eigenvalue weighted by Gasteiger charge is -2.32. The molecule has 180 valence electrons. The van der Waals surface area contributed by atoms with Crippen LogP contribution in [0.15, 0.2) is 47.4 Å². The number of carbonyl (C=O) groups is 2. The van der Waals surface area contributed by atoms with Crippen LogP contribution in [0.1, 0.15) is 47.7 Å². The number of hydrogen-bond acceptors (Lipinski definition) is 7. The van der Waals surface area contributed by atoms with E-state index in [1.54, 1.807) is 13.1 Å². The summed E-state index contributed by atoms with van der Waals surface area (Å²) in [5, 5.41) is 0.372. The second-order valence-electron chi connectivity index (χ2n) is 9.14. The molecule has 0 bridgehead atoms. The predicted molar refractivity (Wildman–Crippen MR) is 133 cm³/mol. The quantitative estimate of drug-likeness (QED) is 0.566. The fraction of sp³-hybridized carbons (Fsp3) is 0.370. The molecule has 0 amide bonds. The van der Waals surface area contributed by atoms with Gasteiger partial charge in [-0.15, -0.1) is 0 Å². The Morgan fingerprint density at radius 1 is 1.23 bits per heavy atom. The van der Waals surface area contributed by atoms with Crippen molar-refractivity contribution in [1.82, 2.24) is 15.0 Å². The van der Waals surface area contributed by atoms with E-state index >= 15 is 0 Å². The molecule has 1 aromatic carbocycles. The molecule has 1 aliphatic carbocycles. The van der Waals surface area contributed by atoms with Gasteiger partial charge in [0.05, 0.1) is 17.9 Å². The number of nitrogens with one attached hydrogen (secondary N) is 1. The Kier molecular flexibility index (Phi) is 6.44. The summed E-state index contributed by atoms with van der Waals surface area (Å²) < 4.78 is 5.18. The Labute approximate surface area is 203 Å². The van der Waals surface area contributed by atoms with Crippen LogP contribution in [0, 0.1) is 11.8 Å². The van der Waals surface area contributed by atoms with Crippen LogP contribution in [0.25, 0.3) is 17.1 Å². The van der Waals surface area contributed by atoms with Gasteiger partial charge in [0.15, 0.2) is 11.4 Å². The summed E-state index contributed by atoms with van der Waals surface area (Å²) in [4.78, 5) is 52.1. The van der Waals surface area contributed by atoms with E-state index in [2.05, 4.69) is 15.0 Å². The first kappa shape index (κ1) is 23.0. The number of anilines is 1. The summed E-state index contributed by atoms with van der Waals surface area (Å²) in [5.74, 6) is -0.101. The maximum atomic E-state index is 13.2. The molecule has 3 heterocycles. The highest BCUT2D eigenvalue weighted by molar-refractivity contribution is 6.02. The maximum Gasteiger partial charge on any atom is 0.310 e. The monoisotopic (exact) mass is 472 g/mol. The summed E-state index contributed by atoms with van der Waals surface area (Å²) in [6.07, 6.45) is 8.11. The number of piperidine rings is 1. The van der Waals surface area contributed by atoms with Gasteiger partial charge in [-0.2, -0.15) is 4.98 Å². The van der Waals surface area contributed by atoms with E-state index in [9.17, 15) is 14.4 Å². The lowest BCUT2D eigenvalue weighted by molar-refractivity contribution is -0.148. The third-order valence-electron chi connectivity index (χ3n) is 6.75. The summed E-state index contributed by atoms with van der Waals surface area (Å²) >= 11 is 0. The highest BCUT2D eigenvalue weighted by Crippen LogP contribution is 2.30. The van der Waals surface area contributed by atoms with E-state index in [0.29, 0.717) is 60.6 Å². The van der Waals surface area contributed by atoms with Gasteiger partial charge in [-0.25, -0.2) is 4.98 Å². The van der Waals surface area contributed by atoms with Crippen molar-refractivity contribution in [3.05, 3.63) is 69.6 Å². The van der Waals surface area contributed by atoms with Gasteiger partial charge in [-0.1, -0.05) is 42.5 Å². The van der Waals surface area contributed by atoms with Crippen LogP contribution in [-0.2, 0) is 16.0 Å². The molecule has 5 rings (SSSR count). The molecular weight excluding hydrogens is 444 g/mol. The normalized spacial score (nSPS) is 20.3. The number of aromatic nitrogens is 3. The first-order valence-electron chi connectivity index (χ1n) is 12.1. The SMILES string of the molecule is CCOC(=O)[C@H]1CCCN(c2nc3ncc4c(c3c(=O)[nH]2)C[C@@H](/C=C/c2ccccc2)CC4=O)C1. The molecular formula is C27H28N4O4. The van der Waals surface area contributed by atoms with Crippen LogP contribution in [0.3, 0.4) is 0 Å². The summed E-state index contributed by atoms with van der Waals surface area (Å²) in [5.41, 5.74) is 2.28. The van der Waals surface area contributed by atoms with Crippen molar-refractivity contribution >= 4 is 34.8 Å². The first-order chi connectivity index (χ1) is 17.0. The van der Waals surface area contributed by atoms with E-state index in [-0.39, 0.29) is 29.1 Å². The number of esters is 1. The van der Waals surface area contributed by atoms with Crippen LogP contribution < -0.4 is 10.5 Å². The number of ketones is 1. The zero-order valence-electron chi connectivity index (χ0n) is 19.7. The Bertz CT molecular complexity index is 1350. The number of aromatic amines is 1.